The summed E-state index contributed by atoms with van der Waals surface area (Å²) in [5.41, 5.74) is 9.37. The Labute approximate surface area is 293 Å². The standard InChI is InChI=1S/C41H34GeN8/c1-25-26(2)47-50-39(25)48(40-45-37(29-13-5-3-6-14-29)44-38(46-40)30-15-7-4-8-16-30)41-43-35-27-21-23-28(24-22-27)36(35)49(41)42(50)33-19-11-9-17-31(33)32-18-10-12-20-34(32)42/h3-20,27-28H,21-24H2,1-2H3. The van der Waals surface area contributed by atoms with Gasteiger partial charge in [-0.05, 0) is 0 Å². The van der Waals surface area contributed by atoms with Crippen LogP contribution < -0.4 is 13.7 Å². The molecule has 8 nitrogen and oxygen atoms in total. The molecule has 0 amide bonds. The number of aryl methyl sites for hydroxylation is 1. The zero-order valence-electron chi connectivity index (χ0n) is 28.0. The molecular weight excluding hydrogens is 677 g/mol. The van der Waals surface area contributed by atoms with Crippen LogP contribution >= 0.6 is 0 Å². The third kappa shape index (κ3) is 3.64. The molecule has 1 fully saturated rings. The Morgan fingerprint density at radius 1 is 0.600 bits per heavy atom. The van der Waals surface area contributed by atoms with E-state index >= 15 is 0 Å². The Hall–Kier alpha value is -5.35. The molecule has 7 aromatic rings. The van der Waals surface area contributed by atoms with Crippen molar-refractivity contribution in [2.45, 2.75) is 51.4 Å². The minimum absolute atomic E-state index is 0.467. The van der Waals surface area contributed by atoms with Crippen LogP contribution in [0.1, 0.15) is 60.2 Å². The van der Waals surface area contributed by atoms with Gasteiger partial charge >= 0.3 is 294 Å². The van der Waals surface area contributed by atoms with E-state index in [0.29, 0.717) is 29.4 Å². The van der Waals surface area contributed by atoms with Gasteiger partial charge in [0.05, 0.1) is 0 Å². The van der Waals surface area contributed by atoms with Gasteiger partial charge in [0.15, 0.2) is 0 Å². The number of fused-ring (bicyclic) bond motifs is 11. The van der Waals surface area contributed by atoms with Gasteiger partial charge in [-0.15, -0.1) is 0 Å². The predicted molar refractivity (Wildman–Crippen MR) is 198 cm³/mol. The number of hydrogen-bond donors (Lipinski definition) is 0. The molecule has 0 atom stereocenters. The van der Waals surface area contributed by atoms with E-state index in [1.54, 1.807) is 0 Å². The average molecular weight is 711 g/mol. The zero-order valence-corrected chi connectivity index (χ0v) is 30.1. The second-order valence-corrected chi connectivity index (χ2v) is 21.0. The summed E-state index contributed by atoms with van der Waals surface area (Å²) in [6.45, 7) is 4.34. The molecule has 0 unspecified atom stereocenters. The second kappa shape index (κ2) is 10.3. The third-order valence-corrected chi connectivity index (χ3v) is 20.8. The van der Waals surface area contributed by atoms with Crippen LogP contribution in [0, 0.1) is 13.8 Å². The number of hydrogen-bond acceptors (Lipinski definition) is 6. The van der Waals surface area contributed by atoms with Crippen LogP contribution in [-0.4, -0.2) is 45.9 Å². The molecule has 12 rings (SSSR count). The molecule has 4 aromatic carbocycles. The Bertz CT molecular complexity index is 2390. The van der Waals surface area contributed by atoms with Crippen LogP contribution in [0.15, 0.2) is 109 Å². The van der Waals surface area contributed by atoms with Crippen LogP contribution in [0.4, 0.5) is 17.7 Å². The first-order chi connectivity index (χ1) is 24.6. The van der Waals surface area contributed by atoms with Crippen molar-refractivity contribution < 1.29 is 0 Å². The Morgan fingerprint density at radius 3 is 1.74 bits per heavy atom. The van der Waals surface area contributed by atoms with Gasteiger partial charge in [0.25, 0.3) is 0 Å². The summed E-state index contributed by atoms with van der Waals surface area (Å²) >= 11 is -3.86. The van der Waals surface area contributed by atoms with Gasteiger partial charge in [-0.2, -0.15) is 0 Å². The Balaban J connectivity index is 1.28. The topological polar surface area (TPSA) is 77.6 Å². The van der Waals surface area contributed by atoms with Crippen LogP contribution in [0.2, 0.25) is 0 Å². The number of nitrogens with zero attached hydrogens (tertiary/aromatic N) is 8. The first-order valence-corrected chi connectivity index (χ1v) is 21.7. The van der Waals surface area contributed by atoms with E-state index in [2.05, 4.69) is 98.7 Å². The maximum absolute atomic E-state index is 5.74. The minimum atomic E-state index is -3.86. The van der Waals surface area contributed by atoms with Crippen molar-refractivity contribution in [3.8, 4) is 33.9 Å². The summed E-state index contributed by atoms with van der Waals surface area (Å²) in [6, 6.07) is 38.6. The number of rotatable bonds is 3. The molecule has 2 aliphatic heterocycles. The molecule has 2 bridgehead atoms. The monoisotopic (exact) mass is 712 g/mol. The molecule has 1 spiro atoms. The van der Waals surface area contributed by atoms with Crippen molar-refractivity contribution in [2.24, 2.45) is 0 Å². The molecular formula is C41H34GeN8. The fraction of sp³-hybridized carbons (Fsp3) is 0.195. The predicted octanol–water partition coefficient (Wildman–Crippen LogP) is 7.39. The third-order valence-electron chi connectivity index (χ3n) is 11.6. The molecule has 5 aliphatic rings. The van der Waals surface area contributed by atoms with Gasteiger partial charge in [-0.1, -0.05) is 0 Å². The number of aromatic nitrogens is 7. The van der Waals surface area contributed by atoms with E-state index in [1.807, 2.05) is 36.4 Å². The zero-order chi connectivity index (χ0) is 33.1. The molecule has 3 aliphatic carbocycles. The summed E-state index contributed by atoms with van der Waals surface area (Å²) in [5.74, 6) is 4.72. The molecule has 0 radical (unpaired) electrons. The Kier molecular flexibility index (Phi) is 5.89. The van der Waals surface area contributed by atoms with Crippen molar-refractivity contribution >= 4 is 40.2 Å². The summed E-state index contributed by atoms with van der Waals surface area (Å²) < 4.78 is 8.01. The van der Waals surface area contributed by atoms with Gasteiger partial charge < -0.3 is 0 Å². The molecule has 3 aromatic heterocycles. The van der Waals surface area contributed by atoms with Gasteiger partial charge in [-0.25, -0.2) is 0 Å². The van der Waals surface area contributed by atoms with Crippen molar-refractivity contribution in [3.63, 3.8) is 0 Å². The van der Waals surface area contributed by atoms with Crippen molar-refractivity contribution in [1.82, 2.24) is 32.2 Å². The van der Waals surface area contributed by atoms with Crippen molar-refractivity contribution in [2.75, 3.05) is 4.90 Å². The van der Waals surface area contributed by atoms with Crippen LogP contribution in [0.3, 0.4) is 0 Å². The van der Waals surface area contributed by atoms with Crippen LogP contribution in [-0.2, 0) is 0 Å². The fourth-order valence-electron chi connectivity index (χ4n) is 9.25. The number of benzene rings is 4. The molecule has 5 heterocycles. The summed E-state index contributed by atoms with van der Waals surface area (Å²) in [6.07, 6.45) is 4.81. The maximum atomic E-state index is 5.74. The average Bonchev–Trinajstić information content (AvgIpc) is 3.83. The van der Waals surface area contributed by atoms with E-state index in [0.717, 1.165) is 34.2 Å². The van der Waals surface area contributed by atoms with Crippen LogP contribution in [0.25, 0.3) is 33.9 Å². The van der Waals surface area contributed by atoms with Gasteiger partial charge in [-0.3, -0.25) is 0 Å². The van der Waals surface area contributed by atoms with E-state index in [-0.39, 0.29) is 0 Å². The SMILES string of the molecule is Cc1n[n]2c(c1C)N(c1nc(-c3ccccc3)nc(-c3ccccc3)n1)c1nc3c([n]1[Ge]21[c]2ccccc2-c2cccc[c]21)C1CCC3CC1. The molecule has 242 valence electrons. The number of imidazole rings is 1. The quantitative estimate of drug-likeness (QED) is 0.178. The molecule has 0 N–H and O–H groups in total. The molecule has 1 saturated carbocycles. The van der Waals surface area contributed by atoms with Crippen LogP contribution in [0.5, 0.6) is 0 Å². The van der Waals surface area contributed by atoms with E-state index in [9.17, 15) is 0 Å². The van der Waals surface area contributed by atoms with Gasteiger partial charge in [0.2, 0.25) is 0 Å². The summed E-state index contributed by atoms with van der Waals surface area (Å²) in [4.78, 5) is 23.6. The van der Waals surface area contributed by atoms with E-state index in [4.69, 9.17) is 25.0 Å². The van der Waals surface area contributed by atoms with Gasteiger partial charge in [0, 0.05) is 0 Å². The molecule has 9 heteroatoms. The van der Waals surface area contributed by atoms with Gasteiger partial charge in [0.1, 0.15) is 0 Å². The summed E-state index contributed by atoms with van der Waals surface area (Å²) in [7, 11) is 0. The van der Waals surface area contributed by atoms with E-state index < -0.39 is 13.7 Å². The molecule has 50 heavy (non-hydrogen) atoms. The first kappa shape index (κ1) is 28.5. The normalized spacial score (nSPS) is 18.8. The van der Waals surface area contributed by atoms with E-state index in [1.165, 1.54) is 57.0 Å². The summed E-state index contributed by atoms with van der Waals surface area (Å²) in [5, 5.41) is 5.55. The molecule has 0 saturated heterocycles. The first-order valence-electron chi connectivity index (χ1n) is 17.7. The number of anilines is 3. The van der Waals surface area contributed by atoms with Crippen molar-refractivity contribution in [3.05, 3.63) is 132 Å². The Morgan fingerprint density at radius 2 is 1.14 bits per heavy atom. The van der Waals surface area contributed by atoms with Crippen molar-refractivity contribution in [1.29, 1.82) is 0 Å². The fourth-order valence-corrected chi connectivity index (χ4v) is 20.2. The second-order valence-electron chi connectivity index (χ2n) is 14.1.